The van der Waals surface area contributed by atoms with Gasteiger partial charge in [-0.1, -0.05) is 48.5 Å². The van der Waals surface area contributed by atoms with Crippen LogP contribution in [-0.2, 0) is 4.79 Å². The lowest BCUT2D eigenvalue weighted by Crippen LogP contribution is -2.51. The van der Waals surface area contributed by atoms with Crippen LogP contribution < -0.4 is 10.6 Å². The fraction of sp³-hybridized carbons (Fsp3) is 0.462. The number of nitrogens with one attached hydrogen (secondary N) is 2. The second-order valence-electron chi connectivity index (χ2n) is 9.60. The summed E-state index contributed by atoms with van der Waals surface area (Å²) in [7, 11) is 0. The molecule has 0 aromatic heterocycles. The topological polar surface area (TPSA) is 61.4 Å². The van der Waals surface area contributed by atoms with E-state index in [-0.39, 0.29) is 18.0 Å². The molecular formula is C26H29N3O2. The molecule has 2 N–H and O–H groups in total. The second-order valence-corrected chi connectivity index (χ2v) is 9.60. The third-order valence-electron chi connectivity index (χ3n) is 7.68. The Balaban J connectivity index is 1.18. The van der Waals surface area contributed by atoms with Crippen LogP contribution in [0.4, 0.5) is 4.79 Å². The highest BCUT2D eigenvalue weighted by atomic mass is 16.2. The first-order chi connectivity index (χ1) is 15.2. The van der Waals surface area contributed by atoms with Gasteiger partial charge in [0, 0.05) is 31.0 Å². The zero-order chi connectivity index (χ0) is 20.9. The van der Waals surface area contributed by atoms with Crippen molar-refractivity contribution in [3.8, 4) is 0 Å². The molecule has 1 aliphatic heterocycles. The molecule has 1 heterocycles. The molecule has 3 amide bonds. The van der Waals surface area contributed by atoms with Crippen molar-refractivity contribution in [2.45, 2.75) is 56.0 Å². The van der Waals surface area contributed by atoms with Crippen LogP contribution in [0.5, 0.6) is 0 Å². The van der Waals surface area contributed by atoms with Gasteiger partial charge in [-0.25, -0.2) is 4.79 Å². The van der Waals surface area contributed by atoms with Gasteiger partial charge in [0.2, 0.25) is 5.91 Å². The van der Waals surface area contributed by atoms with Gasteiger partial charge in [0.25, 0.3) is 0 Å². The minimum Gasteiger partial charge on any atom is -0.352 e. The van der Waals surface area contributed by atoms with Crippen LogP contribution in [0.1, 0.15) is 66.2 Å². The summed E-state index contributed by atoms with van der Waals surface area (Å²) in [6, 6.07) is 17.5. The summed E-state index contributed by atoms with van der Waals surface area (Å²) < 4.78 is 0. The molecule has 31 heavy (non-hydrogen) atoms. The van der Waals surface area contributed by atoms with Crippen LogP contribution in [0.15, 0.2) is 48.5 Å². The van der Waals surface area contributed by atoms with Crippen molar-refractivity contribution < 1.29 is 9.59 Å². The molecule has 5 heteroatoms. The van der Waals surface area contributed by atoms with Gasteiger partial charge in [0.05, 0.1) is 0 Å². The highest BCUT2D eigenvalue weighted by Gasteiger charge is 2.43. The Morgan fingerprint density at radius 3 is 2.19 bits per heavy atom. The molecule has 160 valence electrons. The van der Waals surface area contributed by atoms with Gasteiger partial charge in [0.1, 0.15) is 6.04 Å². The number of likely N-dealkylation sites (tertiary alicyclic amines) is 1. The molecule has 5 nitrogen and oxygen atoms in total. The largest absolute Gasteiger partial charge is 0.352 e. The van der Waals surface area contributed by atoms with Crippen molar-refractivity contribution in [3.05, 3.63) is 70.8 Å². The molecule has 0 radical (unpaired) electrons. The fourth-order valence-electron chi connectivity index (χ4n) is 6.09. The monoisotopic (exact) mass is 415 g/mol. The van der Waals surface area contributed by atoms with Crippen molar-refractivity contribution in [1.82, 2.24) is 15.5 Å². The normalized spacial score (nSPS) is 28.1. The smallest absolute Gasteiger partial charge is 0.318 e. The maximum atomic E-state index is 13.0. The first kappa shape index (κ1) is 18.9. The molecule has 7 rings (SSSR count). The zero-order valence-electron chi connectivity index (χ0n) is 17.7. The minimum absolute atomic E-state index is 0.0229. The van der Waals surface area contributed by atoms with Crippen molar-refractivity contribution in [1.29, 1.82) is 0 Å². The Hall–Kier alpha value is -2.82. The number of urea groups is 1. The molecule has 5 aliphatic rings. The Morgan fingerprint density at radius 2 is 1.55 bits per heavy atom. The molecule has 2 atom stereocenters. The van der Waals surface area contributed by atoms with E-state index in [0.29, 0.717) is 36.9 Å². The summed E-state index contributed by atoms with van der Waals surface area (Å²) in [6.45, 7) is 1.31. The molecule has 0 spiro atoms. The van der Waals surface area contributed by atoms with Gasteiger partial charge in [-0.3, -0.25) is 4.79 Å². The number of benzene rings is 2. The van der Waals surface area contributed by atoms with Gasteiger partial charge in [0.15, 0.2) is 0 Å². The van der Waals surface area contributed by atoms with Crippen LogP contribution in [0.3, 0.4) is 0 Å². The summed E-state index contributed by atoms with van der Waals surface area (Å²) in [5.41, 5.74) is 5.73. The molecule has 2 fully saturated rings. The summed E-state index contributed by atoms with van der Waals surface area (Å²) in [5, 5.41) is 6.27. The third-order valence-corrected chi connectivity index (χ3v) is 7.68. The van der Waals surface area contributed by atoms with E-state index in [4.69, 9.17) is 0 Å². The zero-order valence-corrected chi connectivity index (χ0v) is 17.7. The number of amides is 3. The lowest BCUT2D eigenvalue weighted by molar-refractivity contribution is -0.124. The quantitative estimate of drug-likeness (QED) is 0.799. The SMILES string of the molecule is O=C(NC1CC1)C1CCCN1C(=O)NCC1CC2c3ccccc3C1c1ccccc12. The number of hydrogen-bond donors (Lipinski definition) is 2. The van der Waals surface area contributed by atoms with E-state index in [1.807, 2.05) is 0 Å². The molecular weight excluding hydrogens is 386 g/mol. The van der Waals surface area contributed by atoms with Crippen LogP contribution in [0.25, 0.3) is 0 Å². The first-order valence-corrected chi connectivity index (χ1v) is 11.7. The number of carbonyl (C=O) groups excluding carboxylic acids is 2. The number of hydrogen-bond acceptors (Lipinski definition) is 2. The molecule has 2 unspecified atom stereocenters. The predicted molar refractivity (Wildman–Crippen MR) is 119 cm³/mol. The van der Waals surface area contributed by atoms with E-state index in [2.05, 4.69) is 59.2 Å². The van der Waals surface area contributed by atoms with Gasteiger partial charge in [-0.15, -0.1) is 0 Å². The lowest BCUT2D eigenvalue weighted by atomic mass is 9.59. The van der Waals surface area contributed by atoms with Crippen molar-refractivity contribution in [2.24, 2.45) is 5.92 Å². The Morgan fingerprint density at radius 1 is 0.903 bits per heavy atom. The van der Waals surface area contributed by atoms with Gasteiger partial charge >= 0.3 is 6.03 Å². The Labute approximate surface area is 183 Å². The van der Waals surface area contributed by atoms with Crippen LogP contribution in [-0.4, -0.2) is 42.0 Å². The average Bonchev–Trinajstić information content (AvgIpc) is 3.48. The number of nitrogens with zero attached hydrogens (tertiary/aromatic N) is 1. The standard InChI is InChI=1S/C26H29N3O2/c30-25(28-17-11-12-17)23-10-5-13-29(23)26(31)27-15-16-14-22-18-6-1-3-8-20(18)24(16)21-9-4-2-7-19(21)22/h1-4,6-9,16-17,22-24H,5,10-15H2,(H,27,31)(H,28,30). The Kier molecular flexibility index (Phi) is 4.51. The van der Waals surface area contributed by atoms with E-state index in [0.717, 1.165) is 32.1 Å². The van der Waals surface area contributed by atoms with Crippen molar-refractivity contribution >= 4 is 11.9 Å². The maximum Gasteiger partial charge on any atom is 0.318 e. The molecule has 1 saturated carbocycles. The summed E-state index contributed by atoms with van der Waals surface area (Å²) in [6.07, 6.45) is 4.85. The van der Waals surface area contributed by atoms with E-state index in [9.17, 15) is 9.59 Å². The summed E-state index contributed by atoms with van der Waals surface area (Å²) >= 11 is 0. The maximum absolute atomic E-state index is 13.0. The third kappa shape index (κ3) is 3.22. The van der Waals surface area contributed by atoms with Crippen LogP contribution in [0, 0.1) is 5.92 Å². The van der Waals surface area contributed by atoms with Gasteiger partial charge in [-0.05, 0) is 60.3 Å². The molecule has 1 saturated heterocycles. The van der Waals surface area contributed by atoms with E-state index in [1.165, 1.54) is 22.3 Å². The Bertz CT molecular complexity index is 983. The minimum atomic E-state index is -0.315. The number of fused-ring (bicyclic) bond motifs is 1. The van der Waals surface area contributed by atoms with Crippen molar-refractivity contribution in [2.75, 3.05) is 13.1 Å². The molecule has 2 aromatic carbocycles. The summed E-state index contributed by atoms with van der Waals surface area (Å²) in [5.74, 6) is 1.13. The molecule has 2 aromatic rings. The lowest BCUT2D eigenvalue weighted by Gasteiger charge is -2.45. The van der Waals surface area contributed by atoms with E-state index < -0.39 is 0 Å². The van der Waals surface area contributed by atoms with Gasteiger partial charge in [-0.2, -0.15) is 0 Å². The second kappa shape index (κ2) is 7.40. The predicted octanol–water partition coefficient (Wildman–Crippen LogP) is 3.74. The van der Waals surface area contributed by atoms with Gasteiger partial charge < -0.3 is 15.5 Å². The van der Waals surface area contributed by atoms with E-state index in [1.54, 1.807) is 4.90 Å². The summed E-state index contributed by atoms with van der Waals surface area (Å²) in [4.78, 5) is 27.3. The first-order valence-electron chi connectivity index (χ1n) is 11.7. The highest BCUT2D eigenvalue weighted by molar-refractivity contribution is 5.88. The number of rotatable bonds is 4. The van der Waals surface area contributed by atoms with Crippen molar-refractivity contribution in [3.63, 3.8) is 0 Å². The highest BCUT2D eigenvalue weighted by Crippen LogP contribution is 2.55. The van der Waals surface area contributed by atoms with E-state index >= 15 is 0 Å². The number of carbonyl (C=O) groups is 2. The average molecular weight is 416 g/mol. The molecule has 2 bridgehead atoms. The van der Waals surface area contributed by atoms with Crippen LogP contribution in [0.2, 0.25) is 0 Å². The van der Waals surface area contributed by atoms with Crippen LogP contribution >= 0.6 is 0 Å². The fourth-order valence-corrected chi connectivity index (χ4v) is 6.09. The molecule has 4 aliphatic carbocycles.